The molecule has 2 heterocycles. The van der Waals surface area contributed by atoms with Crippen molar-refractivity contribution in [2.45, 2.75) is 19.9 Å². The maximum Gasteiger partial charge on any atom is 0.231 e. The van der Waals surface area contributed by atoms with E-state index < -0.39 is 0 Å². The molecule has 0 N–H and O–H groups in total. The van der Waals surface area contributed by atoms with E-state index in [1.54, 1.807) is 6.08 Å². The molecule has 0 unspecified atom stereocenters. The lowest BCUT2D eigenvalue weighted by molar-refractivity contribution is 0.0954. The molecule has 0 saturated heterocycles. The molecule has 3 aromatic carbocycles. The Labute approximate surface area is 198 Å². The highest BCUT2D eigenvalue weighted by Gasteiger charge is 2.33. The van der Waals surface area contributed by atoms with Gasteiger partial charge in [-0.1, -0.05) is 72.3 Å². The molecule has 0 aliphatic carbocycles. The van der Waals surface area contributed by atoms with Gasteiger partial charge in [0, 0.05) is 29.2 Å². The number of nitrogens with zero attached hydrogens (tertiary/aromatic N) is 1. The minimum atomic E-state index is -0.0956. The van der Waals surface area contributed by atoms with Crippen LogP contribution in [0.5, 0.6) is 11.5 Å². The number of Topliss-reactive ketones (excluding diaryl/α,β-unsaturated/α-hetero) is 1. The van der Waals surface area contributed by atoms with Crippen molar-refractivity contribution in [1.82, 2.24) is 4.90 Å². The Morgan fingerprint density at radius 2 is 1.85 bits per heavy atom. The van der Waals surface area contributed by atoms with Gasteiger partial charge in [-0.05, 0) is 42.7 Å². The van der Waals surface area contributed by atoms with E-state index in [-0.39, 0.29) is 5.78 Å². The molecule has 0 amide bonds. The van der Waals surface area contributed by atoms with E-state index in [1.165, 1.54) is 0 Å². The summed E-state index contributed by atoms with van der Waals surface area (Å²) in [6, 6.07) is 19.8. The number of allylic oxidation sites excluding steroid dienone is 3. The van der Waals surface area contributed by atoms with Crippen LogP contribution in [0.2, 0.25) is 5.02 Å². The number of hydrogen-bond acceptors (Lipinski definition) is 4. The highest BCUT2D eigenvalue weighted by atomic mass is 35.5. The third-order valence-corrected chi connectivity index (χ3v) is 6.36. The van der Waals surface area contributed by atoms with Gasteiger partial charge in [0.1, 0.15) is 18.2 Å². The van der Waals surface area contributed by atoms with Gasteiger partial charge < -0.3 is 9.47 Å². The first kappa shape index (κ1) is 21.5. The van der Waals surface area contributed by atoms with Gasteiger partial charge in [-0.15, -0.1) is 0 Å². The molecular formula is C28H24ClNO3. The third-order valence-electron chi connectivity index (χ3n) is 5.99. The highest BCUT2D eigenvalue weighted by Crippen LogP contribution is 2.42. The topological polar surface area (TPSA) is 38.8 Å². The summed E-state index contributed by atoms with van der Waals surface area (Å²) in [4.78, 5) is 15.2. The molecule has 0 fully saturated rings. The monoisotopic (exact) mass is 457 g/mol. The molecule has 0 atom stereocenters. The summed E-state index contributed by atoms with van der Waals surface area (Å²) in [7, 11) is 0. The fourth-order valence-corrected chi connectivity index (χ4v) is 4.48. The zero-order valence-corrected chi connectivity index (χ0v) is 19.1. The minimum Gasteiger partial charge on any atom is -0.477 e. The van der Waals surface area contributed by atoms with Gasteiger partial charge in [-0.25, -0.2) is 0 Å². The number of carbonyl (C=O) groups excluding carboxylic acids is 1. The highest BCUT2D eigenvalue weighted by molar-refractivity contribution is 6.31. The van der Waals surface area contributed by atoms with E-state index in [0.29, 0.717) is 30.3 Å². The van der Waals surface area contributed by atoms with Crippen molar-refractivity contribution in [2.24, 2.45) is 0 Å². The maximum atomic E-state index is 13.0. The first-order valence-electron chi connectivity index (χ1n) is 11.0. The molecule has 33 heavy (non-hydrogen) atoms. The van der Waals surface area contributed by atoms with E-state index in [0.717, 1.165) is 46.0 Å². The number of hydrogen-bond donors (Lipinski definition) is 0. The number of rotatable bonds is 5. The van der Waals surface area contributed by atoms with Crippen LogP contribution in [0.3, 0.4) is 0 Å². The number of halogens is 1. The number of benzene rings is 3. The zero-order chi connectivity index (χ0) is 22.8. The predicted octanol–water partition coefficient (Wildman–Crippen LogP) is 6.22. The number of ketones is 1. The molecule has 0 saturated carbocycles. The first-order valence-corrected chi connectivity index (χ1v) is 11.4. The van der Waals surface area contributed by atoms with Crippen molar-refractivity contribution in [2.75, 3.05) is 13.3 Å². The van der Waals surface area contributed by atoms with E-state index in [2.05, 4.69) is 4.90 Å². The quantitative estimate of drug-likeness (QED) is 0.426. The van der Waals surface area contributed by atoms with Crippen molar-refractivity contribution in [3.05, 3.63) is 111 Å². The number of ether oxygens (including phenoxy) is 2. The van der Waals surface area contributed by atoms with Crippen LogP contribution in [0.15, 0.2) is 78.6 Å². The van der Waals surface area contributed by atoms with Gasteiger partial charge in [-0.2, -0.15) is 0 Å². The Hall–Kier alpha value is -3.34. The lowest BCUT2D eigenvalue weighted by atomic mass is 10.00. The van der Waals surface area contributed by atoms with Crippen molar-refractivity contribution in [3.63, 3.8) is 0 Å². The van der Waals surface area contributed by atoms with Crippen molar-refractivity contribution < 1.29 is 14.3 Å². The third kappa shape index (κ3) is 4.45. The van der Waals surface area contributed by atoms with Gasteiger partial charge in [0.2, 0.25) is 5.78 Å². The Morgan fingerprint density at radius 3 is 2.67 bits per heavy atom. The average molecular weight is 458 g/mol. The van der Waals surface area contributed by atoms with Crippen LogP contribution in [0.4, 0.5) is 0 Å². The second kappa shape index (κ2) is 9.26. The van der Waals surface area contributed by atoms with E-state index in [4.69, 9.17) is 21.1 Å². The van der Waals surface area contributed by atoms with Crippen molar-refractivity contribution >= 4 is 23.5 Å². The Balaban J connectivity index is 1.32. The molecule has 3 aromatic rings. The van der Waals surface area contributed by atoms with Crippen LogP contribution in [0.1, 0.15) is 32.6 Å². The zero-order valence-electron chi connectivity index (χ0n) is 18.4. The van der Waals surface area contributed by atoms with Gasteiger partial charge in [0.25, 0.3) is 0 Å². The fraction of sp³-hybridized carbons (Fsp3) is 0.179. The molecule has 2 aliphatic rings. The normalized spacial score (nSPS) is 16.5. The SMILES string of the molecule is Cc1c2c(cc3c1O/C(=C\C=C\c1ccccc1)C3=O)CN(CCc1ccccc1Cl)CO2. The Bertz CT molecular complexity index is 1260. The van der Waals surface area contributed by atoms with Crippen LogP contribution in [-0.4, -0.2) is 24.0 Å². The van der Waals surface area contributed by atoms with Gasteiger partial charge in [-0.3, -0.25) is 9.69 Å². The van der Waals surface area contributed by atoms with Crippen molar-refractivity contribution in [1.29, 1.82) is 0 Å². The van der Waals surface area contributed by atoms with Crippen LogP contribution in [-0.2, 0) is 13.0 Å². The summed E-state index contributed by atoms with van der Waals surface area (Å²) in [6.07, 6.45) is 6.36. The Kier molecular flexibility index (Phi) is 6.03. The maximum absolute atomic E-state index is 13.0. The predicted molar refractivity (Wildman–Crippen MR) is 131 cm³/mol. The lowest BCUT2D eigenvalue weighted by Gasteiger charge is -2.30. The van der Waals surface area contributed by atoms with E-state index in [1.807, 2.05) is 79.7 Å². The molecule has 5 heteroatoms. The summed E-state index contributed by atoms with van der Waals surface area (Å²) in [5, 5.41) is 0.785. The largest absolute Gasteiger partial charge is 0.477 e. The van der Waals surface area contributed by atoms with Crippen LogP contribution in [0.25, 0.3) is 6.08 Å². The molecule has 5 rings (SSSR count). The molecule has 4 nitrogen and oxygen atoms in total. The van der Waals surface area contributed by atoms with Crippen LogP contribution in [0, 0.1) is 6.92 Å². The molecule has 0 spiro atoms. The summed E-state index contributed by atoms with van der Waals surface area (Å²) >= 11 is 6.30. The molecule has 166 valence electrons. The van der Waals surface area contributed by atoms with Gasteiger partial charge in [0.15, 0.2) is 5.76 Å². The molecule has 0 radical (unpaired) electrons. The summed E-state index contributed by atoms with van der Waals surface area (Å²) < 4.78 is 12.0. The van der Waals surface area contributed by atoms with Gasteiger partial charge in [0.05, 0.1) is 5.56 Å². The van der Waals surface area contributed by atoms with Crippen LogP contribution >= 0.6 is 11.6 Å². The smallest absolute Gasteiger partial charge is 0.231 e. The number of fused-ring (bicyclic) bond motifs is 2. The Morgan fingerprint density at radius 1 is 1.06 bits per heavy atom. The summed E-state index contributed by atoms with van der Waals surface area (Å²) in [6.45, 7) is 3.98. The lowest BCUT2D eigenvalue weighted by Crippen LogP contribution is -2.34. The average Bonchev–Trinajstić information content (AvgIpc) is 3.15. The molecule has 0 aromatic heterocycles. The standard InChI is InChI=1S/C28H24ClNO3/c1-19-27-22(17-30(18-32-27)15-14-21-11-5-6-12-24(21)29)16-23-26(31)25(33-28(19)23)13-7-10-20-8-3-2-4-9-20/h2-13,16H,14-15,17-18H2,1H3/b10-7+,25-13-. The van der Waals surface area contributed by atoms with E-state index in [9.17, 15) is 4.79 Å². The molecular weight excluding hydrogens is 434 g/mol. The van der Waals surface area contributed by atoms with Crippen molar-refractivity contribution in [3.8, 4) is 11.5 Å². The van der Waals surface area contributed by atoms with Crippen LogP contribution < -0.4 is 9.47 Å². The second-order valence-electron chi connectivity index (χ2n) is 8.27. The summed E-state index contributed by atoms with van der Waals surface area (Å²) in [5.41, 5.74) is 4.67. The number of carbonyl (C=O) groups is 1. The minimum absolute atomic E-state index is 0.0956. The molecule has 0 bridgehead atoms. The first-order chi connectivity index (χ1) is 16.1. The van der Waals surface area contributed by atoms with E-state index >= 15 is 0 Å². The molecule has 2 aliphatic heterocycles. The summed E-state index contributed by atoms with van der Waals surface area (Å²) in [5.74, 6) is 1.65. The van der Waals surface area contributed by atoms with Gasteiger partial charge >= 0.3 is 0 Å². The second-order valence-corrected chi connectivity index (χ2v) is 8.67. The fourth-order valence-electron chi connectivity index (χ4n) is 4.25.